The van der Waals surface area contributed by atoms with Gasteiger partial charge in [-0.1, -0.05) is 12.1 Å². The Morgan fingerprint density at radius 3 is 2.61 bits per heavy atom. The van der Waals surface area contributed by atoms with Crippen LogP contribution in [0.25, 0.3) is 22.4 Å². The van der Waals surface area contributed by atoms with Crippen LogP contribution >= 0.6 is 0 Å². The van der Waals surface area contributed by atoms with Gasteiger partial charge in [-0.05, 0) is 70.2 Å². The zero-order chi connectivity index (χ0) is 22.9. The molecule has 4 heterocycles. The summed E-state index contributed by atoms with van der Waals surface area (Å²) in [6.45, 7) is 8.33. The van der Waals surface area contributed by atoms with Crippen LogP contribution in [-0.4, -0.2) is 27.0 Å². The van der Waals surface area contributed by atoms with Gasteiger partial charge in [0.25, 0.3) is 11.6 Å². The largest absolute Gasteiger partial charge is 0.466 e. The van der Waals surface area contributed by atoms with Crippen LogP contribution in [0.4, 0.5) is 0 Å². The lowest BCUT2D eigenvalue weighted by molar-refractivity contribution is 0.0718. The van der Waals surface area contributed by atoms with E-state index >= 15 is 0 Å². The zero-order valence-electron chi connectivity index (χ0n) is 19.3. The van der Waals surface area contributed by atoms with Crippen molar-refractivity contribution in [3.63, 3.8) is 0 Å². The summed E-state index contributed by atoms with van der Waals surface area (Å²) in [7, 11) is 0. The fourth-order valence-electron chi connectivity index (χ4n) is 4.76. The second kappa shape index (κ2) is 7.33. The van der Waals surface area contributed by atoms with E-state index in [0.29, 0.717) is 46.4 Å². The maximum atomic E-state index is 13.9. The second-order valence-corrected chi connectivity index (χ2v) is 9.62. The number of carbonyl (C=O) groups is 1. The molecular formula is C26H27N3O4. The molecule has 2 saturated carbocycles. The van der Waals surface area contributed by atoms with Crippen molar-refractivity contribution in [3.8, 4) is 11.3 Å². The van der Waals surface area contributed by atoms with E-state index in [9.17, 15) is 4.79 Å². The number of furan rings is 2. The van der Waals surface area contributed by atoms with Crippen molar-refractivity contribution in [1.29, 1.82) is 0 Å². The lowest BCUT2D eigenvalue weighted by Gasteiger charge is -2.22. The number of hydrogen-bond acceptors (Lipinski definition) is 6. The number of nitrogens with zero attached hydrogens (tertiary/aromatic N) is 3. The first-order valence-electron chi connectivity index (χ1n) is 11.6. The molecule has 7 heteroatoms. The van der Waals surface area contributed by atoms with Crippen molar-refractivity contribution >= 4 is 17.0 Å². The van der Waals surface area contributed by atoms with Crippen molar-refractivity contribution < 1.29 is 18.2 Å². The third-order valence-corrected chi connectivity index (χ3v) is 6.90. The minimum absolute atomic E-state index is 0.0481. The molecule has 0 N–H and O–H groups in total. The van der Waals surface area contributed by atoms with Crippen LogP contribution < -0.4 is 0 Å². The van der Waals surface area contributed by atoms with Gasteiger partial charge in [0, 0.05) is 17.5 Å². The summed E-state index contributed by atoms with van der Waals surface area (Å²) in [5, 5.41) is 4.76. The second-order valence-electron chi connectivity index (χ2n) is 9.62. The van der Waals surface area contributed by atoms with Crippen molar-refractivity contribution in [2.45, 2.75) is 65.5 Å². The Kier molecular flexibility index (Phi) is 4.50. The number of amides is 1. The first-order chi connectivity index (χ1) is 15.9. The summed E-state index contributed by atoms with van der Waals surface area (Å²) < 4.78 is 17.3. The Morgan fingerprint density at radius 2 is 1.94 bits per heavy atom. The van der Waals surface area contributed by atoms with E-state index in [0.717, 1.165) is 41.4 Å². The van der Waals surface area contributed by atoms with Gasteiger partial charge in [-0.15, -0.1) is 0 Å². The maximum Gasteiger partial charge on any atom is 0.259 e. The number of pyridine rings is 1. The van der Waals surface area contributed by atoms with Gasteiger partial charge in [0.2, 0.25) is 0 Å². The van der Waals surface area contributed by atoms with E-state index in [-0.39, 0.29) is 11.9 Å². The highest BCUT2D eigenvalue weighted by Crippen LogP contribution is 2.47. The monoisotopic (exact) mass is 445 g/mol. The Labute approximate surface area is 191 Å². The molecule has 2 aliphatic rings. The average Bonchev–Trinajstić information content (AvgIpc) is 3.64. The molecule has 0 aromatic carbocycles. The van der Waals surface area contributed by atoms with Crippen LogP contribution in [0, 0.1) is 26.7 Å². The lowest BCUT2D eigenvalue weighted by Crippen LogP contribution is -2.32. The van der Waals surface area contributed by atoms with Crippen LogP contribution in [0.5, 0.6) is 0 Å². The predicted molar refractivity (Wildman–Crippen MR) is 122 cm³/mol. The molecule has 170 valence electrons. The zero-order valence-corrected chi connectivity index (χ0v) is 19.3. The molecule has 0 saturated heterocycles. The van der Waals surface area contributed by atoms with Crippen molar-refractivity contribution in [2.75, 3.05) is 0 Å². The molecule has 7 nitrogen and oxygen atoms in total. The first-order valence-corrected chi connectivity index (χ1v) is 11.6. The SMILES string of the molecule is Cc1cc(-c2cc(C(=O)N(Cc3ccc(C4CC4C)o3)C3CC3)c3c(C)noc3n2)c(C)o1. The van der Waals surface area contributed by atoms with Crippen LogP contribution in [0.15, 0.2) is 37.6 Å². The van der Waals surface area contributed by atoms with Crippen molar-refractivity contribution in [1.82, 2.24) is 15.0 Å². The number of rotatable bonds is 6. The molecule has 0 spiro atoms. The Hall–Kier alpha value is -3.35. The van der Waals surface area contributed by atoms with Gasteiger partial charge in [0.15, 0.2) is 0 Å². The summed E-state index contributed by atoms with van der Waals surface area (Å²) >= 11 is 0. The molecule has 2 unspecified atom stereocenters. The highest BCUT2D eigenvalue weighted by molar-refractivity contribution is 6.07. The van der Waals surface area contributed by atoms with E-state index in [2.05, 4.69) is 23.1 Å². The van der Waals surface area contributed by atoms with E-state index in [4.69, 9.17) is 13.4 Å². The summed E-state index contributed by atoms with van der Waals surface area (Å²) in [5.74, 6) is 4.57. The molecule has 4 aromatic heterocycles. The number of aryl methyl sites for hydroxylation is 3. The highest BCUT2D eigenvalue weighted by Gasteiger charge is 2.38. The van der Waals surface area contributed by atoms with Gasteiger partial charge >= 0.3 is 0 Å². The molecule has 2 atom stereocenters. The fraction of sp³-hybridized carbons (Fsp3) is 0.423. The maximum absolute atomic E-state index is 13.9. The summed E-state index contributed by atoms with van der Waals surface area (Å²) in [5.41, 5.74) is 3.08. The average molecular weight is 446 g/mol. The van der Waals surface area contributed by atoms with Gasteiger partial charge in [-0.25, -0.2) is 4.98 Å². The minimum atomic E-state index is -0.0481. The molecule has 0 bridgehead atoms. The Bertz CT molecular complexity index is 1370. The van der Waals surface area contributed by atoms with Crippen molar-refractivity contribution in [3.05, 3.63) is 58.6 Å². The van der Waals surface area contributed by atoms with Crippen LogP contribution in [0.2, 0.25) is 0 Å². The molecule has 1 amide bonds. The molecule has 2 fully saturated rings. The number of carbonyl (C=O) groups excluding carboxylic acids is 1. The number of fused-ring (bicyclic) bond motifs is 1. The normalized spacial score (nSPS) is 19.9. The molecule has 2 aliphatic carbocycles. The Morgan fingerprint density at radius 1 is 1.15 bits per heavy atom. The summed E-state index contributed by atoms with van der Waals surface area (Å²) in [4.78, 5) is 20.5. The third-order valence-electron chi connectivity index (χ3n) is 6.90. The topological polar surface area (TPSA) is 85.5 Å². The van der Waals surface area contributed by atoms with Gasteiger partial charge in [-0.3, -0.25) is 4.79 Å². The van der Waals surface area contributed by atoms with Crippen LogP contribution in [0.1, 0.15) is 71.2 Å². The highest BCUT2D eigenvalue weighted by atomic mass is 16.5. The van der Waals surface area contributed by atoms with Crippen LogP contribution in [-0.2, 0) is 6.54 Å². The molecule has 0 aliphatic heterocycles. The van der Waals surface area contributed by atoms with Crippen molar-refractivity contribution in [2.24, 2.45) is 5.92 Å². The molecule has 0 radical (unpaired) electrons. The minimum Gasteiger partial charge on any atom is -0.466 e. The van der Waals surface area contributed by atoms with E-state index in [1.165, 1.54) is 6.42 Å². The molecular weight excluding hydrogens is 418 g/mol. The lowest BCUT2D eigenvalue weighted by atomic mass is 10.0. The van der Waals surface area contributed by atoms with Gasteiger partial charge in [0.05, 0.1) is 28.9 Å². The summed E-state index contributed by atoms with van der Waals surface area (Å²) in [6, 6.07) is 8.08. The quantitative estimate of drug-likeness (QED) is 0.366. The smallest absolute Gasteiger partial charge is 0.259 e. The summed E-state index contributed by atoms with van der Waals surface area (Å²) in [6.07, 6.45) is 3.18. The standard InChI is InChI=1S/C26H27N3O4/c1-13-9-19(13)23-8-7-18(32-23)12-29(17-5-6-17)26(30)21-11-22(20-10-14(2)31-16(20)4)27-25-24(21)15(3)28-33-25/h7-8,10-11,13,17,19H,5-6,9,12H2,1-4H3. The third kappa shape index (κ3) is 3.56. The molecule has 6 rings (SSSR count). The van der Waals surface area contributed by atoms with Crippen LogP contribution in [0.3, 0.4) is 0 Å². The van der Waals surface area contributed by atoms with Gasteiger partial charge in [0.1, 0.15) is 23.0 Å². The predicted octanol–water partition coefficient (Wildman–Crippen LogP) is 5.93. The number of hydrogen-bond donors (Lipinski definition) is 0. The van der Waals surface area contributed by atoms with E-state index in [1.54, 1.807) is 0 Å². The molecule has 33 heavy (non-hydrogen) atoms. The fourth-order valence-corrected chi connectivity index (χ4v) is 4.76. The van der Waals surface area contributed by atoms with E-state index in [1.807, 2.05) is 43.9 Å². The first kappa shape index (κ1) is 20.3. The molecule has 4 aromatic rings. The van der Waals surface area contributed by atoms with Gasteiger partial charge in [-0.2, -0.15) is 0 Å². The number of aromatic nitrogens is 2. The van der Waals surface area contributed by atoms with Gasteiger partial charge < -0.3 is 18.3 Å². The van der Waals surface area contributed by atoms with E-state index < -0.39 is 0 Å². The Balaban J connectivity index is 1.39.